The SMILES string of the molecule is Cc1ccc(NCC(=O)N2CCN(c3ncccn3)CC2)c(Br)c1. The lowest BCUT2D eigenvalue weighted by atomic mass is 10.2. The number of rotatable bonds is 4. The van der Waals surface area contributed by atoms with Gasteiger partial charge in [0.15, 0.2) is 0 Å². The molecule has 1 fully saturated rings. The topological polar surface area (TPSA) is 61.4 Å². The summed E-state index contributed by atoms with van der Waals surface area (Å²) in [7, 11) is 0. The van der Waals surface area contributed by atoms with Crippen molar-refractivity contribution in [3.8, 4) is 0 Å². The van der Waals surface area contributed by atoms with Crippen molar-refractivity contribution in [1.82, 2.24) is 14.9 Å². The van der Waals surface area contributed by atoms with Crippen molar-refractivity contribution in [2.45, 2.75) is 6.92 Å². The normalized spacial score (nSPS) is 14.6. The van der Waals surface area contributed by atoms with Gasteiger partial charge in [-0.1, -0.05) is 6.07 Å². The van der Waals surface area contributed by atoms with Crippen LogP contribution in [0.4, 0.5) is 11.6 Å². The minimum absolute atomic E-state index is 0.108. The number of anilines is 2. The molecular formula is C17H20BrN5O. The highest BCUT2D eigenvalue weighted by molar-refractivity contribution is 9.10. The molecule has 0 saturated carbocycles. The molecule has 1 aliphatic heterocycles. The molecule has 0 unspecified atom stereocenters. The molecule has 2 heterocycles. The van der Waals surface area contributed by atoms with Gasteiger partial charge < -0.3 is 15.1 Å². The predicted molar refractivity (Wildman–Crippen MR) is 98.2 cm³/mol. The van der Waals surface area contributed by atoms with Crippen molar-refractivity contribution in [1.29, 1.82) is 0 Å². The van der Waals surface area contributed by atoms with Crippen molar-refractivity contribution in [3.05, 3.63) is 46.7 Å². The molecule has 24 heavy (non-hydrogen) atoms. The molecular weight excluding hydrogens is 370 g/mol. The van der Waals surface area contributed by atoms with E-state index in [1.807, 2.05) is 30.0 Å². The van der Waals surface area contributed by atoms with Crippen LogP contribution in [-0.2, 0) is 4.79 Å². The Labute approximate surface area is 150 Å². The smallest absolute Gasteiger partial charge is 0.241 e. The van der Waals surface area contributed by atoms with E-state index in [0.717, 1.165) is 29.2 Å². The molecule has 2 aromatic rings. The zero-order chi connectivity index (χ0) is 16.9. The second-order valence-electron chi connectivity index (χ2n) is 5.75. The van der Waals surface area contributed by atoms with Crippen LogP contribution in [0.5, 0.6) is 0 Å². The van der Waals surface area contributed by atoms with E-state index in [4.69, 9.17) is 0 Å². The van der Waals surface area contributed by atoms with E-state index < -0.39 is 0 Å². The molecule has 0 aliphatic carbocycles. The van der Waals surface area contributed by atoms with Crippen LogP contribution in [0, 0.1) is 6.92 Å². The predicted octanol–water partition coefficient (Wildman–Crippen LogP) is 2.31. The maximum Gasteiger partial charge on any atom is 0.241 e. The summed E-state index contributed by atoms with van der Waals surface area (Å²) in [5.41, 5.74) is 2.11. The summed E-state index contributed by atoms with van der Waals surface area (Å²) in [4.78, 5) is 24.9. The summed E-state index contributed by atoms with van der Waals surface area (Å²) in [5.74, 6) is 0.836. The molecule has 0 bridgehead atoms. The Balaban J connectivity index is 1.50. The molecule has 0 spiro atoms. The average molecular weight is 390 g/mol. The first-order valence-electron chi connectivity index (χ1n) is 7.93. The number of carbonyl (C=O) groups excluding carboxylic acids is 1. The minimum atomic E-state index is 0.108. The van der Waals surface area contributed by atoms with E-state index in [2.05, 4.69) is 36.1 Å². The first-order chi connectivity index (χ1) is 11.6. The summed E-state index contributed by atoms with van der Waals surface area (Å²) in [6, 6.07) is 7.84. The molecule has 1 amide bonds. The van der Waals surface area contributed by atoms with Gasteiger partial charge in [-0.2, -0.15) is 0 Å². The summed E-state index contributed by atoms with van der Waals surface area (Å²) in [6.07, 6.45) is 3.48. The number of nitrogens with one attached hydrogen (secondary N) is 1. The number of aromatic nitrogens is 2. The highest BCUT2D eigenvalue weighted by Gasteiger charge is 2.22. The van der Waals surface area contributed by atoms with Crippen LogP contribution in [0.2, 0.25) is 0 Å². The molecule has 0 atom stereocenters. The number of nitrogens with zero attached hydrogens (tertiary/aromatic N) is 4. The lowest BCUT2D eigenvalue weighted by Gasteiger charge is -2.34. The zero-order valence-corrected chi connectivity index (χ0v) is 15.2. The molecule has 3 rings (SSSR count). The summed E-state index contributed by atoms with van der Waals surface area (Å²) >= 11 is 3.52. The Morgan fingerprint density at radius 1 is 1.21 bits per heavy atom. The van der Waals surface area contributed by atoms with Crippen LogP contribution in [0.1, 0.15) is 5.56 Å². The third kappa shape index (κ3) is 4.03. The van der Waals surface area contributed by atoms with E-state index in [9.17, 15) is 4.79 Å². The highest BCUT2D eigenvalue weighted by Crippen LogP contribution is 2.23. The second kappa shape index (κ2) is 7.61. The summed E-state index contributed by atoms with van der Waals surface area (Å²) in [5, 5.41) is 3.20. The molecule has 1 aromatic carbocycles. The van der Waals surface area contributed by atoms with Gasteiger partial charge in [-0.05, 0) is 46.6 Å². The molecule has 6 nitrogen and oxygen atoms in total. The maximum absolute atomic E-state index is 12.4. The number of halogens is 1. The van der Waals surface area contributed by atoms with Crippen LogP contribution < -0.4 is 10.2 Å². The lowest BCUT2D eigenvalue weighted by Crippen LogP contribution is -2.50. The van der Waals surface area contributed by atoms with Crippen molar-refractivity contribution in [2.24, 2.45) is 0 Å². The summed E-state index contributed by atoms with van der Waals surface area (Å²) in [6.45, 7) is 5.22. The average Bonchev–Trinajstić information content (AvgIpc) is 2.62. The van der Waals surface area contributed by atoms with Crippen LogP contribution >= 0.6 is 15.9 Å². The van der Waals surface area contributed by atoms with Gasteiger partial charge in [0.2, 0.25) is 11.9 Å². The van der Waals surface area contributed by atoms with E-state index >= 15 is 0 Å². The molecule has 0 radical (unpaired) electrons. The van der Waals surface area contributed by atoms with Gasteiger partial charge in [0.25, 0.3) is 0 Å². The van der Waals surface area contributed by atoms with Gasteiger partial charge in [0.05, 0.1) is 6.54 Å². The van der Waals surface area contributed by atoms with E-state index in [1.165, 1.54) is 5.56 Å². The fourth-order valence-electron chi connectivity index (χ4n) is 2.66. The Kier molecular flexibility index (Phi) is 5.30. The number of hydrogen-bond donors (Lipinski definition) is 1. The number of piperazine rings is 1. The Morgan fingerprint density at radius 2 is 1.92 bits per heavy atom. The number of amides is 1. The fraction of sp³-hybridized carbons (Fsp3) is 0.353. The van der Waals surface area contributed by atoms with Crippen LogP contribution in [0.25, 0.3) is 0 Å². The van der Waals surface area contributed by atoms with Gasteiger partial charge in [-0.15, -0.1) is 0 Å². The van der Waals surface area contributed by atoms with E-state index in [0.29, 0.717) is 19.6 Å². The molecule has 1 aromatic heterocycles. The number of carbonyl (C=O) groups is 1. The van der Waals surface area contributed by atoms with Gasteiger partial charge in [0, 0.05) is 48.7 Å². The van der Waals surface area contributed by atoms with Crippen LogP contribution in [0.3, 0.4) is 0 Å². The molecule has 1 aliphatic rings. The van der Waals surface area contributed by atoms with Crippen molar-refractivity contribution in [2.75, 3.05) is 42.9 Å². The van der Waals surface area contributed by atoms with E-state index in [-0.39, 0.29) is 5.91 Å². The number of hydrogen-bond acceptors (Lipinski definition) is 5. The van der Waals surface area contributed by atoms with Gasteiger partial charge >= 0.3 is 0 Å². The minimum Gasteiger partial charge on any atom is -0.375 e. The zero-order valence-electron chi connectivity index (χ0n) is 13.6. The monoisotopic (exact) mass is 389 g/mol. The van der Waals surface area contributed by atoms with Gasteiger partial charge in [-0.25, -0.2) is 9.97 Å². The molecule has 1 saturated heterocycles. The summed E-state index contributed by atoms with van der Waals surface area (Å²) < 4.78 is 0.973. The molecule has 7 heteroatoms. The third-order valence-corrected chi connectivity index (χ3v) is 4.68. The van der Waals surface area contributed by atoms with Gasteiger partial charge in [-0.3, -0.25) is 4.79 Å². The number of benzene rings is 1. The van der Waals surface area contributed by atoms with Crippen LogP contribution in [-0.4, -0.2) is 53.5 Å². The van der Waals surface area contributed by atoms with E-state index in [1.54, 1.807) is 18.5 Å². The Morgan fingerprint density at radius 3 is 2.58 bits per heavy atom. The largest absolute Gasteiger partial charge is 0.375 e. The van der Waals surface area contributed by atoms with Crippen LogP contribution in [0.15, 0.2) is 41.1 Å². The standard InChI is InChI=1S/C17H20BrN5O/c1-13-3-4-15(14(18)11-13)21-12-16(24)22-7-9-23(10-8-22)17-19-5-2-6-20-17/h2-6,11,21H,7-10,12H2,1H3. The van der Waals surface area contributed by atoms with Crippen molar-refractivity contribution in [3.63, 3.8) is 0 Å². The maximum atomic E-state index is 12.4. The van der Waals surface area contributed by atoms with Gasteiger partial charge in [0.1, 0.15) is 0 Å². The fourth-order valence-corrected chi connectivity index (χ4v) is 3.29. The molecule has 126 valence electrons. The highest BCUT2D eigenvalue weighted by atomic mass is 79.9. The lowest BCUT2D eigenvalue weighted by molar-refractivity contribution is -0.129. The van der Waals surface area contributed by atoms with Crippen molar-refractivity contribution < 1.29 is 4.79 Å². The van der Waals surface area contributed by atoms with Crippen molar-refractivity contribution >= 4 is 33.5 Å². The number of aryl methyl sites for hydroxylation is 1. The second-order valence-corrected chi connectivity index (χ2v) is 6.61. The quantitative estimate of drug-likeness (QED) is 0.868. The Hall–Kier alpha value is -2.15. The first-order valence-corrected chi connectivity index (χ1v) is 8.72. The first kappa shape index (κ1) is 16.7. The molecule has 1 N–H and O–H groups in total. The third-order valence-electron chi connectivity index (χ3n) is 4.02. The Bertz CT molecular complexity index is 701.